The van der Waals surface area contributed by atoms with Gasteiger partial charge in [0.1, 0.15) is 0 Å². The number of hydrogen-bond donors (Lipinski definition) is 1. The smallest absolute Gasteiger partial charge is 0.243 e. The molecule has 1 aromatic rings. The molecule has 0 radical (unpaired) electrons. The lowest BCUT2D eigenvalue weighted by atomic mass is 10.2. The number of benzene rings is 1. The normalized spacial score (nSPS) is 23.9. The molecule has 1 aliphatic rings. The summed E-state index contributed by atoms with van der Waals surface area (Å²) in [5, 5.41) is 10.3. The summed E-state index contributed by atoms with van der Waals surface area (Å²) in [6, 6.07) is 3.98. The Bertz CT molecular complexity index is 622. The molecule has 8 heteroatoms. The van der Waals surface area contributed by atoms with Gasteiger partial charge in [0.25, 0.3) is 0 Å². The lowest BCUT2D eigenvalue weighted by Gasteiger charge is -2.26. The fourth-order valence-corrected chi connectivity index (χ4v) is 4.57. The molecule has 118 valence electrons. The maximum Gasteiger partial charge on any atom is 0.243 e. The van der Waals surface area contributed by atoms with Crippen LogP contribution in [0.15, 0.2) is 23.1 Å². The Labute approximate surface area is 135 Å². The third kappa shape index (κ3) is 3.70. The number of sulfonamides is 1. The number of likely N-dealkylation sites (N-methyl/N-ethyl adjacent to an activating group) is 1. The highest BCUT2D eigenvalue weighted by molar-refractivity contribution is 7.89. The maximum atomic E-state index is 12.7. The van der Waals surface area contributed by atoms with Crippen LogP contribution in [0.5, 0.6) is 0 Å². The number of halogens is 2. The Hall–Kier alpha value is -0.370. The molecule has 1 fully saturated rings. The van der Waals surface area contributed by atoms with Crippen LogP contribution < -0.4 is 0 Å². The molecule has 1 saturated heterocycles. The van der Waals surface area contributed by atoms with Crippen molar-refractivity contribution in [2.45, 2.75) is 23.5 Å². The molecule has 0 spiro atoms. The van der Waals surface area contributed by atoms with Crippen LogP contribution in [0, 0.1) is 0 Å². The Morgan fingerprint density at radius 3 is 2.57 bits per heavy atom. The summed E-state index contributed by atoms with van der Waals surface area (Å²) in [7, 11) is 0.0373. The fourth-order valence-electron chi connectivity index (χ4n) is 2.52. The Morgan fingerprint density at radius 2 is 2.00 bits per heavy atom. The van der Waals surface area contributed by atoms with Gasteiger partial charge in [-0.05, 0) is 38.7 Å². The average Bonchev–Trinajstić information content (AvgIpc) is 2.73. The molecule has 0 amide bonds. The minimum atomic E-state index is -3.70. The monoisotopic (exact) mass is 352 g/mol. The van der Waals surface area contributed by atoms with Gasteiger partial charge in [0.15, 0.2) is 0 Å². The number of β-amino-alcohol motifs (C(OH)–C–C–N with tert-alkyl or cyclic N) is 1. The van der Waals surface area contributed by atoms with Crippen LogP contribution >= 0.6 is 23.2 Å². The van der Waals surface area contributed by atoms with E-state index in [0.717, 1.165) is 0 Å². The first-order valence-corrected chi connectivity index (χ1v) is 8.71. The van der Waals surface area contributed by atoms with Crippen LogP contribution in [0.25, 0.3) is 0 Å². The van der Waals surface area contributed by atoms with Crippen LogP contribution in [-0.2, 0) is 10.0 Å². The van der Waals surface area contributed by atoms with Gasteiger partial charge in [-0.15, -0.1) is 0 Å². The molecule has 21 heavy (non-hydrogen) atoms. The number of aliphatic hydroxyl groups is 1. The largest absolute Gasteiger partial charge is 0.392 e. The molecule has 0 saturated carbocycles. The molecular formula is C13H18Cl2N2O3S. The highest BCUT2D eigenvalue weighted by Gasteiger charge is 2.39. The van der Waals surface area contributed by atoms with Gasteiger partial charge in [-0.3, -0.25) is 0 Å². The number of aliphatic hydroxyl groups excluding tert-OH is 1. The van der Waals surface area contributed by atoms with Crippen molar-refractivity contribution in [3.63, 3.8) is 0 Å². The molecule has 2 atom stereocenters. The summed E-state index contributed by atoms with van der Waals surface area (Å²) in [6.45, 7) is 0.651. The van der Waals surface area contributed by atoms with Gasteiger partial charge < -0.3 is 10.0 Å². The Morgan fingerprint density at radius 1 is 1.33 bits per heavy atom. The van der Waals surface area contributed by atoms with Crippen molar-refractivity contribution in [3.05, 3.63) is 28.2 Å². The highest BCUT2D eigenvalue weighted by atomic mass is 35.5. The zero-order chi connectivity index (χ0) is 15.8. The van der Waals surface area contributed by atoms with E-state index in [-0.39, 0.29) is 22.5 Å². The van der Waals surface area contributed by atoms with E-state index < -0.39 is 16.1 Å². The summed E-state index contributed by atoms with van der Waals surface area (Å²) >= 11 is 11.7. The predicted octanol–water partition coefficient (Wildman–Crippen LogP) is 1.68. The van der Waals surface area contributed by atoms with Crippen LogP contribution in [0.1, 0.15) is 6.42 Å². The summed E-state index contributed by atoms with van der Waals surface area (Å²) in [5.74, 6) is 0. The SMILES string of the molecule is CN(C)CC1CC(O)CN1S(=O)(=O)c1ccc(Cl)c(Cl)c1. The predicted molar refractivity (Wildman–Crippen MR) is 83.3 cm³/mol. The van der Waals surface area contributed by atoms with E-state index >= 15 is 0 Å². The summed E-state index contributed by atoms with van der Waals surface area (Å²) < 4.78 is 26.8. The summed E-state index contributed by atoms with van der Waals surface area (Å²) in [4.78, 5) is 2.00. The molecule has 1 aliphatic heterocycles. The summed E-state index contributed by atoms with van der Waals surface area (Å²) in [6.07, 6.45) is -0.217. The van der Waals surface area contributed by atoms with Gasteiger partial charge in [0, 0.05) is 19.1 Å². The molecule has 5 nitrogen and oxygen atoms in total. The van der Waals surface area contributed by atoms with Crippen LogP contribution in [0.2, 0.25) is 10.0 Å². The van der Waals surface area contributed by atoms with E-state index in [0.29, 0.717) is 18.0 Å². The second kappa shape index (κ2) is 6.40. The maximum absolute atomic E-state index is 12.7. The topological polar surface area (TPSA) is 60.9 Å². The Kier molecular flexibility index (Phi) is 5.18. The van der Waals surface area contributed by atoms with E-state index in [9.17, 15) is 13.5 Å². The van der Waals surface area contributed by atoms with Crippen LogP contribution in [0.4, 0.5) is 0 Å². The number of nitrogens with zero attached hydrogens (tertiary/aromatic N) is 2. The minimum Gasteiger partial charge on any atom is -0.392 e. The molecule has 0 aromatic heterocycles. The van der Waals surface area contributed by atoms with Gasteiger partial charge in [-0.25, -0.2) is 8.42 Å². The Balaban J connectivity index is 2.34. The first kappa shape index (κ1) is 17.0. The molecular weight excluding hydrogens is 335 g/mol. The second-order valence-electron chi connectivity index (χ2n) is 5.46. The first-order valence-electron chi connectivity index (χ1n) is 6.51. The van der Waals surface area contributed by atoms with Crippen molar-refractivity contribution in [1.29, 1.82) is 0 Å². The van der Waals surface area contributed by atoms with Crippen molar-refractivity contribution in [3.8, 4) is 0 Å². The molecule has 1 aromatic carbocycles. The van der Waals surface area contributed by atoms with E-state index in [4.69, 9.17) is 23.2 Å². The van der Waals surface area contributed by atoms with E-state index in [1.807, 2.05) is 19.0 Å². The van der Waals surface area contributed by atoms with Crippen LogP contribution in [0.3, 0.4) is 0 Å². The standard InChI is InChI=1S/C13H18Cl2N2O3S/c1-16(2)7-9-5-10(18)8-17(9)21(19,20)11-3-4-12(14)13(15)6-11/h3-4,6,9-10,18H,5,7-8H2,1-2H3. The first-order chi connectivity index (χ1) is 9.71. The van der Waals surface area contributed by atoms with Gasteiger partial charge in [-0.2, -0.15) is 4.31 Å². The van der Waals surface area contributed by atoms with Gasteiger partial charge >= 0.3 is 0 Å². The average molecular weight is 353 g/mol. The number of hydrogen-bond acceptors (Lipinski definition) is 4. The fraction of sp³-hybridized carbons (Fsp3) is 0.538. The number of rotatable bonds is 4. The third-order valence-electron chi connectivity index (χ3n) is 3.42. The van der Waals surface area contributed by atoms with E-state index in [2.05, 4.69) is 0 Å². The van der Waals surface area contributed by atoms with Crippen molar-refractivity contribution < 1.29 is 13.5 Å². The van der Waals surface area contributed by atoms with E-state index in [1.54, 1.807) is 0 Å². The molecule has 1 heterocycles. The zero-order valence-electron chi connectivity index (χ0n) is 11.8. The lowest BCUT2D eigenvalue weighted by molar-refractivity contribution is 0.188. The lowest BCUT2D eigenvalue weighted by Crippen LogP contribution is -2.41. The molecule has 2 rings (SSSR count). The van der Waals surface area contributed by atoms with Crippen molar-refractivity contribution >= 4 is 33.2 Å². The molecule has 1 N–H and O–H groups in total. The molecule has 2 unspecified atom stereocenters. The third-order valence-corrected chi connectivity index (χ3v) is 6.07. The molecule has 0 bridgehead atoms. The minimum absolute atomic E-state index is 0.0924. The van der Waals surface area contributed by atoms with E-state index in [1.165, 1.54) is 22.5 Å². The highest BCUT2D eigenvalue weighted by Crippen LogP contribution is 2.30. The second-order valence-corrected chi connectivity index (χ2v) is 8.16. The zero-order valence-corrected chi connectivity index (χ0v) is 14.2. The van der Waals surface area contributed by atoms with Crippen molar-refractivity contribution in [1.82, 2.24) is 9.21 Å². The van der Waals surface area contributed by atoms with Gasteiger partial charge in [0.2, 0.25) is 10.0 Å². The molecule has 0 aliphatic carbocycles. The van der Waals surface area contributed by atoms with Crippen molar-refractivity contribution in [2.24, 2.45) is 0 Å². The summed E-state index contributed by atoms with van der Waals surface area (Å²) in [5.41, 5.74) is 0. The van der Waals surface area contributed by atoms with Gasteiger partial charge in [-0.1, -0.05) is 23.2 Å². The van der Waals surface area contributed by atoms with Gasteiger partial charge in [0.05, 0.1) is 21.0 Å². The van der Waals surface area contributed by atoms with Crippen LogP contribution in [-0.4, -0.2) is 62.1 Å². The van der Waals surface area contributed by atoms with Crippen molar-refractivity contribution in [2.75, 3.05) is 27.2 Å². The quantitative estimate of drug-likeness (QED) is 0.895.